The molecule has 0 saturated carbocycles. The van der Waals surface area contributed by atoms with Crippen LogP contribution in [0.4, 0.5) is 0 Å². The van der Waals surface area contributed by atoms with Gasteiger partial charge in [0.1, 0.15) is 0 Å². The van der Waals surface area contributed by atoms with E-state index in [9.17, 15) is 4.79 Å². The molecule has 0 amide bonds. The molecule has 0 aliphatic heterocycles. The van der Waals surface area contributed by atoms with Crippen molar-refractivity contribution in [3.8, 4) is 12.3 Å². The average Bonchev–Trinajstić information content (AvgIpc) is 2.55. The van der Waals surface area contributed by atoms with Gasteiger partial charge in [0.15, 0.2) is 5.78 Å². The van der Waals surface area contributed by atoms with Crippen LogP contribution in [0.3, 0.4) is 0 Å². The minimum Gasteiger partial charge on any atom is -0.334 e. The van der Waals surface area contributed by atoms with E-state index in [-0.39, 0.29) is 11.8 Å². The topological polar surface area (TPSA) is 22.0 Å². The molecule has 1 aromatic rings. The van der Waals surface area contributed by atoms with Crippen molar-refractivity contribution in [3.05, 3.63) is 23.0 Å². The second kappa shape index (κ2) is 3.58. The zero-order valence-corrected chi connectivity index (χ0v) is 9.21. The van der Waals surface area contributed by atoms with E-state index in [1.54, 1.807) is 0 Å². The number of rotatable bonds is 1. The monoisotopic (exact) mass is 201 g/mol. The molecule has 1 aromatic heterocycles. The van der Waals surface area contributed by atoms with Crippen LogP contribution in [-0.2, 0) is 6.42 Å². The third-order valence-electron chi connectivity index (χ3n) is 3.08. The number of Topliss-reactive ketones (excluding diaryl/α,β-unsaturated/α-hetero) is 1. The second-order valence-corrected chi connectivity index (χ2v) is 4.14. The zero-order chi connectivity index (χ0) is 11.0. The molecule has 1 heterocycles. The van der Waals surface area contributed by atoms with Gasteiger partial charge in [0, 0.05) is 23.4 Å². The molecule has 1 unspecified atom stereocenters. The predicted molar refractivity (Wildman–Crippen MR) is 60.0 cm³/mol. The Bertz CT molecular complexity index is 448. The van der Waals surface area contributed by atoms with Gasteiger partial charge in [-0.3, -0.25) is 4.79 Å². The highest BCUT2D eigenvalue weighted by Crippen LogP contribution is 2.27. The Kier molecular flexibility index (Phi) is 2.40. The largest absolute Gasteiger partial charge is 0.334 e. The van der Waals surface area contributed by atoms with Crippen LogP contribution in [0.15, 0.2) is 6.07 Å². The van der Waals surface area contributed by atoms with Crippen LogP contribution in [0.25, 0.3) is 0 Å². The maximum atomic E-state index is 11.7. The normalized spacial score (nSPS) is 17.0. The van der Waals surface area contributed by atoms with Crippen LogP contribution in [0.2, 0.25) is 0 Å². The Morgan fingerprint density at radius 2 is 2.27 bits per heavy atom. The van der Waals surface area contributed by atoms with Crippen LogP contribution in [0.1, 0.15) is 47.6 Å². The smallest absolute Gasteiger partial charge is 0.164 e. The molecular weight excluding hydrogens is 186 g/mol. The van der Waals surface area contributed by atoms with Crippen molar-refractivity contribution in [2.75, 3.05) is 0 Å². The van der Waals surface area contributed by atoms with Crippen molar-refractivity contribution < 1.29 is 4.79 Å². The molecule has 2 heteroatoms. The lowest BCUT2D eigenvalue weighted by Gasteiger charge is -2.18. The summed E-state index contributed by atoms with van der Waals surface area (Å²) in [5.41, 5.74) is 3.12. The highest BCUT2D eigenvalue weighted by Gasteiger charge is 2.23. The molecule has 15 heavy (non-hydrogen) atoms. The number of carbonyl (C=O) groups is 1. The molecule has 0 spiro atoms. The molecule has 78 valence electrons. The summed E-state index contributed by atoms with van der Waals surface area (Å²) in [5, 5.41) is 0. The molecule has 0 fully saturated rings. The number of fused-ring (bicyclic) bond motifs is 1. The van der Waals surface area contributed by atoms with Gasteiger partial charge in [-0.1, -0.05) is 5.92 Å². The average molecular weight is 201 g/mol. The number of hydrogen-bond donors (Lipinski definition) is 0. The zero-order valence-electron chi connectivity index (χ0n) is 9.21. The highest BCUT2D eigenvalue weighted by atomic mass is 16.1. The van der Waals surface area contributed by atoms with Crippen molar-refractivity contribution >= 4 is 5.78 Å². The van der Waals surface area contributed by atoms with E-state index in [1.165, 1.54) is 0 Å². The Morgan fingerprint density at radius 3 is 2.93 bits per heavy atom. The fourth-order valence-electron chi connectivity index (χ4n) is 2.37. The maximum absolute atomic E-state index is 11.7. The van der Waals surface area contributed by atoms with Crippen LogP contribution < -0.4 is 0 Å². The number of nitrogens with zero attached hydrogens (tertiary/aromatic N) is 1. The van der Waals surface area contributed by atoms with Crippen LogP contribution >= 0.6 is 0 Å². The summed E-state index contributed by atoms with van der Waals surface area (Å²) in [7, 11) is 0. The van der Waals surface area contributed by atoms with E-state index in [0.29, 0.717) is 6.42 Å². The van der Waals surface area contributed by atoms with Gasteiger partial charge in [0.05, 0.1) is 6.04 Å². The van der Waals surface area contributed by atoms with E-state index < -0.39 is 0 Å². The minimum absolute atomic E-state index is 0.0413. The molecule has 2 rings (SSSR count). The van der Waals surface area contributed by atoms with Gasteiger partial charge in [0.2, 0.25) is 0 Å². The highest BCUT2D eigenvalue weighted by molar-refractivity contribution is 5.98. The van der Waals surface area contributed by atoms with Crippen LogP contribution in [0, 0.1) is 19.3 Å². The molecule has 0 saturated heterocycles. The fourth-order valence-corrected chi connectivity index (χ4v) is 2.37. The lowest BCUT2D eigenvalue weighted by Crippen LogP contribution is -2.15. The van der Waals surface area contributed by atoms with E-state index in [1.807, 2.05) is 19.9 Å². The molecule has 0 aromatic carbocycles. The van der Waals surface area contributed by atoms with Gasteiger partial charge in [-0.25, -0.2) is 0 Å². The third kappa shape index (κ3) is 1.48. The van der Waals surface area contributed by atoms with Crippen molar-refractivity contribution in [2.45, 2.75) is 39.2 Å². The standard InChI is InChI=1S/C13H15NO/c1-4-9(2)14-10(3)8-11-12(14)6-5-7-13(11)15/h1,8-9H,5-7H2,2-3H3. The number of terminal acetylenes is 1. The van der Waals surface area contributed by atoms with Crippen molar-refractivity contribution in [2.24, 2.45) is 0 Å². The van der Waals surface area contributed by atoms with Crippen molar-refractivity contribution in [3.63, 3.8) is 0 Å². The molecule has 1 atom stereocenters. The molecule has 0 N–H and O–H groups in total. The van der Waals surface area contributed by atoms with Gasteiger partial charge in [-0.2, -0.15) is 0 Å². The van der Waals surface area contributed by atoms with Gasteiger partial charge in [-0.15, -0.1) is 6.42 Å². The number of hydrogen-bond acceptors (Lipinski definition) is 1. The maximum Gasteiger partial charge on any atom is 0.164 e. The summed E-state index contributed by atoms with van der Waals surface area (Å²) in [6.45, 7) is 4.01. The third-order valence-corrected chi connectivity index (χ3v) is 3.08. The summed E-state index contributed by atoms with van der Waals surface area (Å²) in [6.07, 6.45) is 8.05. The number of aromatic nitrogens is 1. The first-order valence-corrected chi connectivity index (χ1v) is 5.35. The molecule has 1 aliphatic carbocycles. The molecule has 2 nitrogen and oxygen atoms in total. The van der Waals surface area contributed by atoms with Crippen molar-refractivity contribution in [1.29, 1.82) is 0 Å². The summed E-state index contributed by atoms with van der Waals surface area (Å²) >= 11 is 0. The first-order valence-electron chi connectivity index (χ1n) is 5.35. The fraction of sp³-hybridized carbons (Fsp3) is 0.462. The molecule has 0 radical (unpaired) electrons. The summed E-state index contributed by atoms with van der Waals surface area (Å²) in [4.78, 5) is 11.7. The number of carbonyl (C=O) groups excluding carboxylic acids is 1. The number of aryl methyl sites for hydroxylation is 1. The number of ketones is 1. The Balaban J connectivity index is 2.57. The summed E-state index contributed by atoms with van der Waals surface area (Å²) in [6, 6.07) is 2.02. The lowest BCUT2D eigenvalue weighted by molar-refractivity contribution is 0.0971. The molecule has 1 aliphatic rings. The Morgan fingerprint density at radius 1 is 1.53 bits per heavy atom. The van der Waals surface area contributed by atoms with E-state index in [2.05, 4.69) is 10.5 Å². The van der Waals surface area contributed by atoms with Gasteiger partial charge in [-0.05, 0) is 32.8 Å². The van der Waals surface area contributed by atoms with E-state index in [4.69, 9.17) is 6.42 Å². The Labute approximate surface area is 90.3 Å². The quantitative estimate of drug-likeness (QED) is 0.640. The molecule has 0 bridgehead atoms. The van der Waals surface area contributed by atoms with Gasteiger partial charge >= 0.3 is 0 Å². The summed E-state index contributed by atoms with van der Waals surface area (Å²) in [5.74, 6) is 2.99. The second-order valence-electron chi connectivity index (χ2n) is 4.14. The predicted octanol–water partition coefficient (Wildman–Crippen LogP) is 2.51. The van der Waals surface area contributed by atoms with Gasteiger partial charge in [0.25, 0.3) is 0 Å². The van der Waals surface area contributed by atoms with Crippen LogP contribution in [0.5, 0.6) is 0 Å². The lowest BCUT2D eigenvalue weighted by atomic mass is 9.96. The minimum atomic E-state index is 0.0413. The first-order chi connectivity index (χ1) is 7.15. The SMILES string of the molecule is C#CC(C)n1c(C)cc2c1CCCC2=O. The first kappa shape index (κ1) is 10.0. The molecular formula is C13H15NO. The van der Waals surface area contributed by atoms with Crippen LogP contribution in [-0.4, -0.2) is 10.4 Å². The Hall–Kier alpha value is -1.49. The summed E-state index contributed by atoms with van der Waals surface area (Å²) < 4.78 is 2.12. The van der Waals surface area contributed by atoms with Gasteiger partial charge < -0.3 is 4.57 Å². The van der Waals surface area contributed by atoms with E-state index >= 15 is 0 Å². The van der Waals surface area contributed by atoms with Crippen molar-refractivity contribution in [1.82, 2.24) is 4.57 Å². The van der Waals surface area contributed by atoms with E-state index in [0.717, 1.165) is 29.8 Å².